The predicted octanol–water partition coefficient (Wildman–Crippen LogP) is -2.66. The number of rotatable bonds is 5. The van der Waals surface area contributed by atoms with Crippen molar-refractivity contribution in [1.82, 2.24) is 0 Å². The summed E-state index contributed by atoms with van der Waals surface area (Å²) in [6, 6.07) is 0. The second kappa shape index (κ2) is 10.9. The van der Waals surface area contributed by atoms with E-state index in [1.807, 2.05) is 0 Å². The molecule has 0 saturated heterocycles. The van der Waals surface area contributed by atoms with Crippen molar-refractivity contribution < 1.29 is 87.6 Å². The Bertz CT molecular complexity index is 829. The fourth-order valence-electron chi connectivity index (χ4n) is 7.51. The van der Waals surface area contributed by atoms with Crippen molar-refractivity contribution in [3.05, 3.63) is 11.6 Å². The van der Waals surface area contributed by atoms with Gasteiger partial charge in [0.25, 0.3) is 0 Å². The molecule has 0 radical (unpaired) electrons. The molecule has 168 valence electrons. The van der Waals surface area contributed by atoms with Crippen molar-refractivity contribution in [3.63, 3.8) is 0 Å². The number of phosphoric ester groups is 1. The average Bonchev–Trinajstić information content (AvgIpc) is 3.02. The molecule has 4 aliphatic rings. The number of oxime groups is 1. The zero-order valence-electron chi connectivity index (χ0n) is 20.1. The smallest absolute Gasteiger partial charge is 0.790 e. The van der Waals surface area contributed by atoms with Crippen molar-refractivity contribution in [1.29, 1.82) is 0 Å². The quantitative estimate of drug-likeness (QED) is 0.139. The molecule has 32 heavy (non-hydrogen) atoms. The van der Waals surface area contributed by atoms with Gasteiger partial charge in [0.1, 0.15) is 5.78 Å². The number of carbonyl (C=O) groups excluding carboxylic acids is 1. The second-order valence-corrected chi connectivity index (χ2v) is 11.3. The largest absolute Gasteiger partial charge is 1.00 e. The van der Waals surface area contributed by atoms with Crippen LogP contribution >= 0.6 is 7.82 Å². The maximum atomic E-state index is 12.3. The van der Waals surface area contributed by atoms with Crippen molar-refractivity contribution in [2.45, 2.75) is 72.1 Å². The van der Waals surface area contributed by atoms with Gasteiger partial charge in [-0.2, -0.15) is 0 Å². The molecular formula is C22H32NNa2O6P. The third kappa shape index (κ3) is 5.53. The fraction of sp³-hybridized carbons (Fsp3) is 0.818. The van der Waals surface area contributed by atoms with Crippen LogP contribution in [0.25, 0.3) is 0 Å². The molecule has 0 aromatic rings. The molecule has 3 fully saturated rings. The van der Waals surface area contributed by atoms with Gasteiger partial charge in [-0.1, -0.05) is 24.6 Å². The van der Waals surface area contributed by atoms with Gasteiger partial charge >= 0.3 is 59.1 Å². The summed E-state index contributed by atoms with van der Waals surface area (Å²) in [5, 5.41) is 3.98. The molecule has 4 rings (SSSR count). The van der Waals surface area contributed by atoms with Crippen LogP contribution in [0.4, 0.5) is 0 Å². The van der Waals surface area contributed by atoms with Gasteiger partial charge in [-0.3, -0.25) is 4.79 Å². The van der Waals surface area contributed by atoms with Gasteiger partial charge in [0.15, 0.2) is 0 Å². The number of carbonyl (C=O) groups is 1. The van der Waals surface area contributed by atoms with Crippen LogP contribution in [0.3, 0.4) is 0 Å². The van der Waals surface area contributed by atoms with Crippen molar-refractivity contribution in [2.75, 3.05) is 6.79 Å². The maximum absolute atomic E-state index is 12.3. The fourth-order valence-corrected chi connectivity index (χ4v) is 7.68. The van der Waals surface area contributed by atoms with E-state index >= 15 is 0 Å². The third-order valence-electron chi connectivity index (χ3n) is 8.91. The first-order chi connectivity index (χ1) is 14.0. The van der Waals surface area contributed by atoms with E-state index in [0.29, 0.717) is 23.5 Å². The van der Waals surface area contributed by atoms with E-state index in [4.69, 9.17) is 4.84 Å². The summed E-state index contributed by atoms with van der Waals surface area (Å²) in [6.07, 6.45) is 10.6. The van der Waals surface area contributed by atoms with E-state index in [0.717, 1.165) is 44.2 Å². The standard InChI is InChI=1S/C22H34NO6P.2Na/c1-14(24)18-6-7-19-17-5-4-15-12-16(23-28-13-29-30(25,26)27)8-10-21(15,2)20(17)9-11-22(18,19)3;;/h12,17-20H,4-11,13H2,1-3H3,(H2,25,26,27);;/q;2*+1/p-2. The summed E-state index contributed by atoms with van der Waals surface area (Å²) in [6.45, 7) is 5.85. The van der Waals surface area contributed by atoms with Gasteiger partial charge < -0.3 is 23.7 Å². The SMILES string of the molecule is CC(=O)C1CCC2C3CCC4=CC(=NOCOP(=O)([O-])[O-])CCC4(C)C3CCC12C.[Na+].[Na+]. The Labute approximate surface area is 235 Å². The van der Waals surface area contributed by atoms with Gasteiger partial charge in [0.05, 0.1) is 13.5 Å². The normalized spacial score (nSPS) is 39.5. The number of hydrogen-bond donors (Lipinski definition) is 0. The van der Waals surface area contributed by atoms with Crippen molar-refractivity contribution >= 4 is 19.3 Å². The summed E-state index contributed by atoms with van der Waals surface area (Å²) in [5.41, 5.74) is 2.49. The van der Waals surface area contributed by atoms with Gasteiger partial charge in [0.2, 0.25) is 6.79 Å². The maximum Gasteiger partial charge on any atom is 1.00 e. The van der Waals surface area contributed by atoms with E-state index in [-0.39, 0.29) is 75.9 Å². The molecule has 0 spiro atoms. The molecule has 0 aromatic heterocycles. The zero-order valence-corrected chi connectivity index (χ0v) is 25.0. The van der Waals surface area contributed by atoms with Crippen LogP contribution in [-0.2, 0) is 18.7 Å². The number of hydrogen-bond acceptors (Lipinski definition) is 7. The van der Waals surface area contributed by atoms with E-state index in [1.54, 1.807) is 6.92 Å². The molecule has 0 aliphatic heterocycles. The van der Waals surface area contributed by atoms with Crippen LogP contribution in [0.5, 0.6) is 0 Å². The molecule has 7 nitrogen and oxygen atoms in total. The first kappa shape index (κ1) is 29.2. The van der Waals surface area contributed by atoms with Crippen LogP contribution in [0.15, 0.2) is 16.8 Å². The van der Waals surface area contributed by atoms with Gasteiger partial charge in [-0.15, -0.1) is 0 Å². The van der Waals surface area contributed by atoms with Crippen LogP contribution in [-0.4, -0.2) is 18.3 Å². The number of Topliss-reactive ketones (excluding diaryl/α,β-unsaturated/α-hetero) is 1. The van der Waals surface area contributed by atoms with E-state index in [1.165, 1.54) is 18.4 Å². The topological polar surface area (TPSA) is 111 Å². The van der Waals surface area contributed by atoms with Gasteiger partial charge in [-0.25, -0.2) is 0 Å². The Hall–Kier alpha value is 0.990. The Morgan fingerprint density at radius 1 is 1.12 bits per heavy atom. The molecule has 4 aliphatic carbocycles. The Kier molecular flexibility index (Phi) is 9.99. The first-order valence-corrected chi connectivity index (χ1v) is 12.6. The third-order valence-corrected chi connectivity index (χ3v) is 9.34. The van der Waals surface area contributed by atoms with Crippen LogP contribution < -0.4 is 68.9 Å². The summed E-state index contributed by atoms with van der Waals surface area (Å²) in [5.74, 6) is 2.57. The monoisotopic (exact) mass is 483 g/mol. The molecule has 0 amide bonds. The van der Waals surface area contributed by atoms with Crippen LogP contribution in [0.2, 0.25) is 0 Å². The molecule has 0 N–H and O–H groups in total. The number of nitrogens with zero attached hydrogens (tertiary/aromatic N) is 1. The molecule has 6 unspecified atom stereocenters. The number of fused-ring (bicyclic) bond motifs is 5. The summed E-state index contributed by atoms with van der Waals surface area (Å²) in [4.78, 5) is 38.1. The molecular weight excluding hydrogens is 451 g/mol. The molecule has 0 bridgehead atoms. The number of phosphoric acid groups is 1. The Morgan fingerprint density at radius 2 is 1.84 bits per heavy atom. The van der Waals surface area contributed by atoms with E-state index < -0.39 is 14.6 Å². The zero-order chi connectivity index (χ0) is 21.7. The van der Waals surface area contributed by atoms with E-state index in [9.17, 15) is 19.1 Å². The number of allylic oxidation sites excluding steroid dienone is 2. The summed E-state index contributed by atoms with van der Waals surface area (Å²) in [7, 11) is -5.04. The minimum absolute atomic E-state index is 0. The Morgan fingerprint density at radius 3 is 2.50 bits per heavy atom. The molecule has 3 saturated carbocycles. The minimum Gasteiger partial charge on any atom is -0.790 e. The summed E-state index contributed by atoms with van der Waals surface area (Å²) >= 11 is 0. The predicted molar refractivity (Wildman–Crippen MR) is 108 cm³/mol. The van der Waals surface area contributed by atoms with Crippen LogP contribution in [0, 0.1) is 34.5 Å². The molecule has 0 heterocycles. The summed E-state index contributed by atoms with van der Waals surface area (Å²) < 4.78 is 14.6. The second-order valence-electron chi connectivity index (χ2n) is 10.2. The molecule has 10 heteroatoms. The number of ketones is 1. The van der Waals surface area contributed by atoms with Gasteiger partial charge in [0, 0.05) is 5.92 Å². The molecule has 6 atom stereocenters. The van der Waals surface area contributed by atoms with Crippen LogP contribution in [0.1, 0.15) is 72.1 Å². The van der Waals surface area contributed by atoms with E-state index in [2.05, 4.69) is 29.6 Å². The minimum atomic E-state index is -5.04. The first-order valence-electron chi connectivity index (χ1n) is 11.1. The average molecular weight is 483 g/mol. The van der Waals surface area contributed by atoms with Crippen molar-refractivity contribution in [2.24, 2.45) is 39.7 Å². The van der Waals surface area contributed by atoms with Crippen molar-refractivity contribution in [3.8, 4) is 0 Å². The Balaban J connectivity index is 0.00000181. The molecule has 0 aromatic carbocycles. The van der Waals surface area contributed by atoms with Gasteiger partial charge in [-0.05, 0) is 93.0 Å².